The summed E-state index contributed by atoms with van der Waals surface area (Å²) in [5.41, 5.74) is 1.93. The lowest BCUT2D eigenvalue weighted by Crippen LogP contribution is -2.38. The Balaban J connectivity index is 1.59. The lowest BCUT2D eigenvalue weighted by molar-refractivity contribution is -0.384. The summed E-state index contributed by atoms with van der Waals surface area (Å²) in [6.07, 6.45) is -0.414. The van der Waals surface area contributed by atoms with Crippen molar-refractivity contribution in [1.29, 1.82) is 0 Å². The number of thiophene rings is 1. The van der Waals surface area contributed by atoms with E-state index in [0.717, 1.165) is 26.2 Å². The second kappa shape index (κ2) is 8.95. The first-order valence-electron chi connectivity index (χ1n) is 10.2. The minimum absolute atomic E-state index is 0.0480. The number of hydrogen-bond acceptors (Lipinski definition) is 9. The SMILES string of the molecule is Cc1sc2nc(N3CCC(OC(=O)O)CC3)nc(NCc3cccc([N+](=O)[O-])c3)c2c1C. The van der Waals surface area contributed by atoms with E-state index in [0.29, 0.717) is 44.2 Å². The average molecular weight is 458 g/mol. The van der Waals surface area contributed by atoms with Gasteiger partial charge >= 0.3 is 6.16 Å². The molecule has 1 fully saturated rings. The Morgan fingerprint density at radius 1 is 1.34 bits per heavy atom. The minimum atomic E-state index is -1.25. The van der Waals surface area contributed by atoms with Crippen LogP contribution in [-0.4, -0.2) is 45.3 Å². The zero-order valence-corrected chi connectivity index (χ0v) is 18.5. The van der Waals surface area contributed by atoms with E-state index >= 15 is 0 Å². The molecule has 4 rings (SSSR count). The number of hydrogen-bond donors (Lipinski definition) is 2. The Morgan fingerprint density at radius 2 is 2.09 bits per heavy atom. The van der Waals surface area contributed by atoms with E-state index in [1.807, 2.05) is 24.8 Å². The molecule has 11 heteroatoms. The summed E-state index contributed by atoms with van der Waals surface area (Å²) >= 11 is 1.60. The Kier molecular flexibility index (Phi) is 6.08. The summed E-state index contributed by atoms with van der Waals surface area (Å²) in [6.45, 7) is 5.65. The van der Waals surface area contributed by atoms with Crippen LogP contribution in [0.2, 0.25) is 0 Å². The van der Waals surface area contributed by atoms with Gasteiger partial charge in [0, 0.05) is 49.5 Å². The molecule has 1 aliphatic rings. The van der Waals surface area contributed by atoms with Crippen molar-refractivity contribution in [3.63, 3.8) is 0 Å². The first-order chi connectivity index (χ1) is 15.3. The third-order valence-electron chi connectivity index (χ3n) is 5.59. The predicted molar refractivity (Wildman–Crippen MR) is 122 cm³/mol. The van der Waals surface area contributed by atoms with Gasteiger partial charge in [-0.1, -0.05) is 12.1 Å². The van der Waals surface area contributed by atoms with Gasteiger partial charge in [-0.3, -0.25) is 10.1 Å². The van der Waals surface area contributed by atoms with Crippen LogP contribution in [0.5, 0.6) is 0 Å². The van der Waals surface area contributed by atoms with Gasteiger partial charge in [0.2, 0.25) is 5.95 Å². The summed E-state index contributed by atoms with van der Waals surface area (Å²) < 4.78 is 4.89. The van der Waals surface area contributed by atoms with E-state index in [2.05, 4.69) is 5.32 Å². The van der Waals surface area contributed by atoms with Crippen LogP contribution in [0.15, 0.2) is 24.3 Å². The molecule has 2 aromatic heterocycles. The molecular weight excluding hydrogens is 434 g/mol. The number of carbonyl (C=O) groups is 1. The molecule has 168 valence electrons. The smallest absolute Gasteiger partial charge is 0.450 e. The van der Waals surface area contributed by atoms with Crippen LogP contribution in [0.4, 0.5) is 22.2 Å². The van der Waals surface area contributed by atoms with Gasteiger partial charge in [-0.25, -0.2) is 9.78 Å². The van der Waals surface area contributed by atoms with Crippen molar-refractivity contribution in [2.24, 2.45) is 0 Å². The predicted octanol–water partition coefficient (Wildman–Crippen LogP) is 4.49. The highest BCUT2D eigenvalue weighted by Crippen LogP contribution is 2.35. The maximum absolute atomic E-state index is 11.1. The summed E-state index contributed by atoms with van der Waals surface area (Å²) in [5.74, 6) is 1.26. The van der Waals surface area contributed by atoms with Crippen LogP contribution in [0.25, 0.3) is 10.2 Å². The third kappa shape index (κ3) is 4.57. The summed E-state index contributed by atoms with van der Waals surface area (Å²) in [7, 11) is 0. The van der Waals surface area contributed by atoms with Crippen LogP contribution in [0.1, 0.15) is 28.8 Å². The topological polar surface area (TPSA) is 131 Å². The number of nitro groups is 1. The highest BCUT2D eigenvalue weighted by molar-refractivity contribution is 7.18. The number of piperidine rings is 1. The molecule has 3 heterocycles. The van der Waals surface area contributed by atoms with Crippen LogP contribution in [0.3, 0.4) is 0 Å². The standard InChI is InChI=1S/C21H23N5O5S/c1-12-13(2)32-19-17(12)18(22-11-14-4-3-5-15(10-14)26(29)30)23-20(24-19)25-8-6-16(7-9-25)31-21(27)28/h3-5,10,16H,6-9,11H2,1-2H3,(H,27,28)(H,22,23,24). The molecule has 3 aromatic rings. The number of aryl methyl sites for hydroxylation is 2. The Bertz CT molecular complexity index is 1170. The number of ether oxygens (including phenoxy) is 1. The molecule has 0 radical (unpaired) electrons. The normalized spacial score (nSPS) is 14.5. The fourth-order valence-corrected chi connectivity index (χ4v) is 4.81. The van der Waals surface area contributed by atoms with E-state index < -0.39 is 11.1 Å². The Labute approximate surface area is 188 Å². The van der Waals surface area contributed by atoms with E-state index in [-0.39, 0.29) is 11.8 Å². The van der Waals surface area contributed by atoms with Crippen molar-refractivity contribution in [3.8, 4) is 0 Å². The van der Waals surface area contributed by atoms with Crippen LogP contribution >= 0.6 is 11.3 Å². The molecule has 0 aliphatic carbocycles. The van der Waals surface area contributed by atoms with Crippen LogP contribution in [-0.2, 0) is 11.3 Å². The van der Waals surface area contributed by atoms with E-state index in [9.17, 15) is 14.9 Å². The fraction of sp³-hybridized carbons (Fsp3) is 0.381. The molecule has 1 aliphatic heterocycles. The number of anilines is 2. The van der Waals surface area contributed by atoms with Crippen molar-refractivity contribution in [1.82, 2.24) is 9.97 Å². The number of nitrogens with zero attached hydrogens (tertiary/aromatic N) is 4. The number of nitro benzene ring substituents is 1. The number of non-ortho nitro benzene ring substituents is 1. The lowest BCUT2D eigenvalue weighted by atomic mass is 10.1. The van der Waals surface area contributed by atoms with Crippen molar-refractivity contribution in [2.75, 3.05) is 23.3 Å². The van der Waals surface area contributed by atoms with E-state index in [1.165, 1.54) is 6.07 Å². The first-order valence-corrected chi connectivity index (χ1v) is 11.0. The number of benzene rings is 1. The molecule has 0 bridgehead atoms. The second-order valence-corrected chi connectivity index (χ2v) is 8.89. The molecule has 1 aromatic carbocycles. The highest BCUT2D eigenvalue weighted by atomic mass is 32.1. The van der Waals surface area contributed by atoms with Gasteiger partial charge in [0.15, 0.2) is 0 Å². The monoisotopic (exact) mass is 457 g/mol. The fourth-order valence-electron chi connectivity index (χ4n) is 3.79. The zero-order chi connectivity index (χ0) is 22.8. The number of rotatable bonds is 6. The molecule has 0 unspecified atom stereocenters. The van der Waals surface area contributed by atoms with Gasteiger partial charge in [0.05, 0.1) is 10.3 Å². The number of carboxylic acid groups (broad SMARTS) is 1. The van der Waals surface area contributed by atoms with Gasteiger partial charge in [0.1, 0.15) is 16.8 Å². The molecule has 0 saturated carbocycles. The number of nitrogens with one attached hydrogen (secondary N) is 1. The van der Waals surface area contributed by atoms with E-state index in [1.54, 1.807) is 23.5 Å². The molecule has 1 saturated heterocycles. The van der Waals surface area contributed by atoms with Gasteiger partial charge < -0.3 is 20.1 Å². The molecule has 0 atom stereocenters. The zero-order valence-electron chi connectivity index (χ0n) is 17.7. The maximum Gasteiger partial charge on any atom is 0.506 e. The van der Waals surface area contributed by atoms with Crippen LogP contribution < -0.4 is 10.2 Å². The number of fused-ring (bicyclic) bond motifs is 1. The van der Waals surface area contributed by atoms with Gasteiger partial charge in [0.25, 0.3) is 5.69 Å². The van der Waals surface area contributed by atoms with Crippen molar-refractivity contribution >= 4 is 45.2 Å². The summed E-state index contributed by atoms with van der Waals surface area (Å²) in [6, 6.07) is 6.51. The highest BCUT2D eigenvalue weighted by Gasteiger charge is 2.25. The number of aromatic nitrogens is 2. The van der Waals surface area contributed by atoms with E-state index in [4.69, 9.17) is 19.8 Å². The molecule has 0 amide bonds. The third-order valence-corrected chi connectivity index (χ3v) is 6.69. The second-order valence-electron chi connectivity index (χ2n) is 7.69. The van der Waals surface area contributed by atoms with Crippen LogP contribution in [0, 0.1) is 24.0 Å². The molecule has 2 N–H and O–H groups in total. The van der Waals surface area contributed by atoms with Gasteiger partial charge in [-0.2, -0.15) is 4.98 Å². The average Bonchev–Trinajstić information content (AvgIpc) is 3.06. The Morgan fingerprint density at radius 3 is 2.78 bits per heavy atom. The van der Waals surface area contributed by atoms with Gasteiger partial charge in [-0.05, 0) is 25.0 Å². The van der Waals surface area contributed by atoms with Gasteiger partial charge in [-0.15, -0.1) is 11.3 Å². The maximum atomic E-state index is 11.1. The van der Waals surface area contributed by atoms with Crippen molar-refractivity contribution < 1.29 is 19.6 Å². The lowest BCUT2D eigenvalue weighted by Gasteiger charge is -2.31. The molecular formula is C21H23N5O5S. The summed E-state index contributed by atoms with van der Waals surface area (Å²) in [5, 5.41) is 24.2. The largest absolute Gasteiger partial charge is 0.506 e. The van der Waals surface area contributed by atoms with Crippen molar-refractivity contribution in [2.45, 2.75) is 39.3 Å². The molecule has 0 spiro atoms. The molecule has 10 nitrogen and oxygen atoms in total. The summed E-state index contributed by atoms with van der Waals surface area (Å²) in [4.78, 5) is 35.0. The van der Waals surface area contributed by atoms with Crippen molar-refractivity contribution in [3.05, 3.63) is 50.4 Å². The quantitative estimate of drug-likeness (QED) is 0.312. The Hall–Kier alpha value is -3.47. The minimum Gasteiger partial charge on any atom is -0.450 e. The first kappa shape index (κ1) is 21.8. The molecule has 32 heavy (non-hydrogen) atoms.